The summed E-state index contributed by atoms with van der Waals surface area (Å²) in [6.45, 7) is 3.81. The van der Waals surface area contributed by atoms with Gasteiger partial charge in [0.1, 0.15) is 5.52 Å². The van der Waals surface area contributed by atoms with Gasteiger partial charge in [-0.15, -0.1) is 0 Å². The maximum atomic E-state index is 11.5. The summed E-state index contributed by atoms with van der Waals surface area (Å²) in [5, 5.41) is 0.574. The SMILES string of the molecule is Cc1cc(Br)ccc1N1CCCn2c1nc1c(Cl)ccc(C=O)c12. The van der Waals surface area contributed by atoms with Crippen LogP contribution in [0.5, 0.6) is 0 Å². The molecular formula is C18H15BrClN3O. The van der Waals surface area contributed by atoms with Gasteiger partial charge in [0.15, 0.2) is 6.29 Å². The zero-order valence-electron chi connectivity index (χ0n) is 13.1. The van der Waals surface area contributed by atoms with Crippen molar-refractivity contribution in [3.05, 3.63) is 51.0 Å². The standard InChI is InChI=1S/C18H15BrClN3O/c1-11-9-13(19)4-6-15(11)22-7-2-8-23-17-12(10-24)3-5-14(20)16(17)21-18(22)23/h3-6,9-10H,2,7-8H2,1H3. The molecular weight excluding hydrogens is 390 g/mol. The van der Waals surface area contributed by atoms with Gasteiger partial charge < -0.3 is 9.47 Å². The van der Waals surface area contributed by atoms with Crippen LogP contribution in [0.15, 0.2) is 34.8 Å². The molecule has 0 bridgehead atoms. The average molecular weight is 405 g/mol. The summed E-state index contributed by atoms with van der Waals surface area (Å²) in [6, 6.07) is 9.73. The van der Waals surface area contributed by atoms with Crippen LogP contribution in [0.2, 0.25) is 5.02 Å². The molecule has 24 heavy (non-hydrogen) atoms. The molecule has 0 amide bonds. The van der Waals surface area contributed by atoms with E-state index in [9.17, 15) is 4.79 Å². The number of hydrogen-bond acceptors (Lipinski definition) is 3. The summed E-state index contributed by atoms with van der Waals surface area (Å²) in [5.41, 5.74) is 4.44. The van der Waals surface area contributed by atoms with E-state index in [0.717, 1.165) is 47.4 Å². The first kappa shape index (κ1) is 15.7. The van der Waals surface area contributed by atoms with Gasteiger partial charge in [-0.3, -0.25) is 4.79 Å². The molecule has 0 spiro atoms. The Labute approximate surface area is 153 Å². The van der Waals surface area contributed by atoms with E-state index in [-0.39, 0.29) is 0 Å². The molecule has 2 aromatic carbocycles. The third-order valence-electron chi connectivity index (χ3n) is 4.44. The molecule has 0 unspecified atom stereocenters. The van der Waals surface area contributed by atoms with Gasteiger partial charge in [0, 0.05) is 28.8 Å². The molecule has 4 nitrogen and oxygen atoms in total. The lowest BCUT2D eigenvalue weighted by Gasteiger charge is -2.30. The minimum atomic E-state index is 0.574. The normalized spacial score (nSPS) is 14.0. The lowest BCUT2D eigenvalue weighted by Crippen LogP contribution is -2.28. The summed E-state index contributed by atoms with van der Waals surface area (Å²) in [6.07, 6.45) is 1.86. The van der Waals surface area contributed by atoms with Crippen LogP contribution in [0.4, 0.5) is 11.6 Å². The third-order valence-corrected chi connectivity index (χ3v) is 5.24. The van der Waals surface area contributed by atoms with Crippen molar-refractivity contribution in [2.75, 3.05) is 11.4 Å². The van der Waals surface area contributed by atoms with Crippen molar-refractivity contribution in [1.29, 1.82) is 0 Å². The summed E-state index contributed by atoms with van der Waals surface area (Å²) >= 11 is 9.85. The first-order valence-corrected chi connectivity index (χ1v) is 8.95. The summed E-state index contributed by atoms with van der Waals surface area (Å²) in [5.74, 6) is 0.845. The molecule has 1 aliphatic heterocycles. The molecule has 1 aliphatic rings. The van der Waals surface area contributed by atoms with Gasteiger partial charge in [0.2, 0.25) is 5.95 Å². The Balaban J connectivity index is 1.97. The molecule has 0 saturated heterocycles. The Kier molecular flexibility index (Phi) is 3.85. The van der Waals surface area contributed by atoms with Crippen molar-refractivity contribution < 1.29 is 4.79 Å². The number of nitrogens with zero attached hydrogens (tertiary/aromatic N) is 3. The maximum absolute atomic E-state index is 11.5. The highest BCUT2D eigenvalue weighted by atomic mass is 79.9. The Morgan fingerprint density at radius 1 is 1.25 bits per heavy atom. The van der Waals surface area contributed by atoms with E-state index in [1.807, 2.05) is 6.07 Å². The van der Waals surface area contributed by atoms with Gasteiger partial charge in [0.25, 0.3) is 0 Å². The van der Waals surface area contributed by atoms with Crippen molar-refractivity contribution in [3.63, 3.8) is 0 Å². The highest BCUT2D eigenvalue weighted by Crippen LogP contribution is 2.37. The predicted octanol–water partition coefficient (Wildman–Crippen LogP) is 5.11. The Morgan fingerprint density at radius 2 is 2.08 bits per heavy atom. The number of aryl methyl sites for hydroxylation is 2. The first-order chi connectivity index (χ1) is 11.6. The van der Waals surface area contributed by atoms with Crippen LogP contribution < -0.4 is 4.90 Å². The van der Waals surface area contributed by atoms with Crippen LogP contribution in [0.3, 0.4) is 0 Å². The number of carbonyl (C=O) groups excluding carboxylic acids is 1. The lowest BCUT2D eigenvalue weighted by atomic mass is 10.1. The second-order valence-corrected chi connectivity index (χ2v) is 7.27. The van der Waals surface area contributed by atoms with Gasteiger partial charge in [-0.25, -0.2) is 4.98 Å². The minimum Gasteiger partial charge on any atom is -0.312 e. The molecule has 0 fully saturated rings. The van der Waals surface area contributed by atoms with Crippen LogP contribution >= 0.6 is 27.5 Å². The van der Waals surface area contributed by atoms with Crippen molar-refractivity contribution in [2.45, 2.75) is 19.9 Å². The third kappa shape index (κ3) is 2.34. The van der Waals surface area contributed by atoms with E-state index in [1.54, 1.807) is 12.1 Å². The fourth-order valence-electron chi connectivity index (χ4n) is 3.37. The Hall–Kier alpha value is -1.85. The Bertz CT molecular complexity index is 967. The second kappa shape index (κ2) is 5.90. The Morgan fingerprint density at radius 3 is 2.83 bits per heavy atom. The van der Waals surface area contributed by atoms with Gasteiger partial charge >= 0.3 is 0 Å². The fourth-order valence-corrected chi connectivity index (χ4v) is 4.04. The van der Waals surface area contributed by atoms with Crippen molar-refractivity contribution in [2.24, 2.45) is 0 Å². The van der Waals surface area contributed by atoms with Crippen LogP contribution in [0.25, 0.3) is 11.0 Å². The van der Waals surface area contributed by atoms with E-state index in [0.29, 0.717) is 16.1 Å². The number of halogens is 2. The van der Waals surface area contributed by atoms with Crippen molar-refractivity contribution in [1.82, 2.24) is 9.55 Å². The smallest absolute Gasteiger partial charge is 0.211 e. The van der Waals surface area contributed by atoms with Gasteiger partial charge in [-0.2, -0.15) is 0 Å². The van der Waals surface area contributed by atoms with Crippen molar-refractivity contribution in [3.8, 4) is 0 Å². The monoisotopic (exact) mass is 403 g/mol. The minimum absolute atomic E-state index is 0.574. The van der Waals surface area contributed by atoms with Crippen LogP contribution in [0, 0.1) is 6.92 Å². The molecule has 6 heteroatoms. The molecule has 0 saturated carbocycles. The maximum Gasteiger partial charge on any atom is 0.211 e. The van der Waals surface area contributed by atoms with E-state index >= 15 is 0 Å². The first-order valence-electron chi connectivity index (χ1n) is 7.78. The number of benzene rings is 2. The number of hydrogen-bond donors (Lipinski definition) is 0. The zero-order valence-corrected chi connectivity index (χ0v) is 15.4. The molecule has 3 aromatic rings. The van der Waals surface area contributed by atoms with Crippen LogP contribution in [0.1, 0.15) is 22.3 Å². The second-order valence-electron chi connectivity index (χ2n) is 5.95. The number of fused-ring (bicyclic) bond motifs is 3. The number of rotatable bonds is 2. The predicted molar refractivity (Wildman–Crippen MR) is 101 cm³/mol. The summed E-state index contributed by atoms with van der Waals surface area (Å²) < 4.78 is 3.16. The summed E-state index contributed by atoms with van der Waals surface area (Å²) in [4.78, 5) is 18.4. The number of aromatic nitrogens is 2. The van der Waals surface area contributed by atoms with Crippen LogP contribution in [-0.2, 0) is 6.54 Å². The quantitative estimate of drug-likeness (QED) is 0.557. The fraction of sp³-hybridized carbons (Fsp3) is 0.222. The van der Waals surface area contributed by atoms with Crippen LogP contribution in [-0.4, -0.2) is 22.4 Å². The van der Waals surface area contributed by atoms with E-state index in [1.165, 1.54) is 5.56 Å². The summed E-state index contributed by atoms with van der Waals surface area (Å²) in [7, 11) is 0. The van der Waals surface area contributed by atoms with Gasteiger partial charge in [-0.1, -0.05) is 27.5 Å². The van der Waals surface area contributed by atoms with E-state index in [2.05, 4.69) is 44.5 Å². The average Bonchev–Trinajstić information content (AvgIpc) is 2.96. The largest absolute Gasteiger partial charge is 0.312 e. The highest BCUT2D eigenvalue weighted by molar-refractivity contribution is 9.10. The number of anilines is 2. The molecule has 122 valence electrons. The van der Waals surface area contributed by atoms with Gasteiger partial charge in [-0.05, 0) is 49.2 Å². The highest BCUT2D eigenvalue weighted by Gasteiger charge is 2.25. The molecule has 2 heterocycles. The molecule has 0 N–H and O–H groups in total. The number of imidazole rings is 1. The lowest BCUT2D eigenvalue weighted by molar-refractivity contribution is 0.112. The number of aldehydes is 1. The molecule has 0 aliphatic carbocycles. The van der Waals surface area contributed by atoms with Gasteiger partial charge in [0.05, 0.1) is 10.5 Å². The molecule has 4 rings (SSSR count). The zero-order chi connectivity index (χ0) is 16.8. The van der Waals surface area contributed by atoms with E-state index in [4.69, 9.17) is 16.6 Å². The molecule has 0 radical (unpaired) electrons. The topological polar surface area (TPSA) is 38.1 Å². The molecule has 1 aromatic heterocycles. The van der Waals surface area contributed by atoms with E-state index < -0.39 is 0 Å². The number of carbonyl (C=O) groups is 1. The molecule has 0 atom stereocenters. The van der Waals surface area contributed by atoms with Crippen molar-refractivity contribution >= 4 is 56.5 Å².